The maximum atomic E-state index is 10.0. The van der Waals surface area contributed by atoms with E-state index in [9.17, 15) is 19.2 Å². The average molecular weight is 537 g/mol. The van der Waals surface area contributed by atoms with Crippen LogP contribution in [0.25, 0.3) is 11.1 Å². The third kappa shape index (κ3) is 9.57. The van der Waals surface area contributed by atoms with Crippen LogP contribution in [0.5, 0.6) is 0 Å². The Hall–Kier alpha value is -5.24. The number of nitrogens with two attached hydrogens (primary N) is 2. The van der Waals surface area contributed by atoms with Crippen LogP contribution in [0.2, 0.25) is 0 Å². The highest BCUT2D eigenvalue weighted by molar-refractivity contribution is 6.13. The molecule has 0 radical (unpaired) electrons. The quantitative estimate of drug-likeness (QED) is 0.297. The van der Waals surface area contributed by atoms with Crippen molar-refractivity contribution in [2.75, 3.05) is 11.5 Å². The Morgan fingerprint density at radius 2 is 0.875 bits per heavy atom. The summed E-state index contributed by atoms with van der Waals surface area (Å²) in [6, 6.07) is 25.0. The molecule has 2 aliphatic heterocycles. The smallest absolute Gasteiger partial charge is 0.250 e. The molecule has 0 atom stereocenters. The van der Waals surface area contributed by atoms with Crippen molar-refractivity contribution >= 4 is 46.1 Å². The molecule has 0 unspecified atom stereocenters. The summed E-state index contributed by atoms with van der Waals surface area (Å²) in [6.07, 6.45) is 6.61. The average Bonchev–Trinajstić information content (AvgIpc) is 3.49. The van der Waals surface area contributed by atoms with Gasteiger partial charge in [0.25, 0.3) is 23.6 Å². The van der Waals surface area contributed by atoms with Gasteiger partial charge in [0, 0.05) is 35.7 Å². The number of nitrogens with one attached hydrogen (secondary N) is 2. The molecule has 4 amide bonds. The molecular formula is C32H32N4O4. The summed E-state index contributed by atoms with van der Waals surface area (Å²) in [4.78, 5) is 40.1. The highest BCUT2D eigenvalue weighted by Crippen LogP contribution is 2.12. The molecule has 8 nitrogen and oxygen atoms in total. The summed E-state index contributed by atoms with van der Waals surface area (Å²) in [5, 5.41) is 6.60. The van der Waals surface area contributed by atoms with Gasteiger partial charge in [-0.2, -0.15) is 0 Å². The summed E-state index contributed by atoms with van der Waals surface area (Å²) in [5.41, 5.74) is 18.6. The van der Waals surface area contributed by atoms with E-state index < -0.39 is 0 Å². The van der Waals surface area contributed by atoms with E-state index in [4.69, 9.17) is 11.5 Å². The van der Waals surface area contributed by atoms with Crippen LogP contribution >= 0.6 is 0 Å². The molecule has 5 rings (SSSR count). The molecule has 3 aromatic rings. The van der Waals surface area contributed by atoms with Gasteiger partial charge >= 0.3 is 0 Å². The summed E-state index contributed by atoms with van der Waals surface area (Å²) in [5.74, 6) is -1.31. The fourth-order valence-corrected chi connectivity index (χ4v) is 3.97. The number of hydrogen-bond donors (Lipinski definition) is 4. The number of rotatable bonds is 4. The number of benzene rings is 3. The van der Waals surface area contributed by atoms with Crippen molar-refractivity contribution in [1.82, 2.24) is 10.6 Å². The van der Waals surface area contributed by atoms with E-state index in [-0.39, 0.29) is 23.6 Å². The SMILES string of the molecule is CC(Cc1cccc(N)c1)=c1ccc(=C(C)Cc2cccc(N)c2)cc1.O=C1C=CC(=O)N1.O=C1C=CC(=O)N1. The van der Waals surface area contributed by atoms with Gasteiger partial charge in [-0.15, -0.1) is 0 Å². The fraction of sp³-hybridized carbons (Fsp3) is 0.125. The third-order valence-corrected chi connectivity index (χ3v) is 5.98. The molecule has 8 heteroatoms. The highest BCUT2D eigenvalue weighted by atomic mass is 16.2. The second-order valence-electron chi connectivity index (χ2n) is 9.36. The van der Waals surface area contributed by atoms with Crippen LogP contribution in [0.3, 0.4) is 0 Å². The largest absolute Gasteiger partial charge is 0.399 e. The molecule has 0 saturated heterocycles. The van der Waals surface area contributed by atoms with Crippen LogP contribution in [0, 0.1) is 0 Å². The first-order valence-electron chi connectivity index (χ1n) is 12.6. The highest BCUT2D eigenvalue weighted by Gasteiger charge is 2.07. The molecule has 2 aliphatic rings. The molecule has 204 valence electrons. The molecule has 0 aliphatic carbocycles. The van der Waals surface area contributed by atoms with Crippen molar-refractivity contribution < 1.29 is 19.2 Å². The molecule has 6 N–H and O–H groups in total. The van der Waals surface area contributed by atoms with Gasteiger partial charge in [-0.25, -0.2) is 0 Å². The molecule has 0 saturated carbocycles. The zero-order valence-corrected chi connectivity index (χ0v) is 22.4. The lowest BCUT2D eigenvalue weighted by atomic mass is 10.0. The Balaban J connectivity index is 0.000000255. The number of anilines is 2. The van der Waals surface area contributed by atoms with Crippen molar-refractivity contribution in [3.63, 3.8) is 0 Å². The first kappa shape index (κ1) is 29.3. The summed E-state index contributed by atoms with van der Waals surface area (Å²) in [6.45, 7) is 4.36. The number of amides is 4. The van der Waals surface area contributed by atoms with Crippen molar-refractivity contribution in [2.45, 2.75) is 26.7 Å². The molecule has 0 aromatic heterocycles. The van der Waals surface area contributed by atoms with Gasteiger partial charge in [-0.1, -0.05) is 59.7 Å². The normalized spacial score (nSPS) is 13.1. The lowest BCUT2D eigenvalue weighted by Gasteiger charge is -2.05. The van der Waals surface area contributed by atoms with Crippen LogP contribution in [0.15, 0.2) is 97.1 Å². The van der Waals surface area contributed by atoms with Crippen LogP contribution in [0.4, 0.5) is 11.4 Å². The van der Waals surface area contributed by atoms with Gasteiger partial charge in [0.2, 0.25) is 0 Å². The zero-order valence-electron chi connectivity index (χ0n) is 22.4. The number of carbonyl (C=O) groups excluding carboxylic acids is 4. The predicted molar refractivity (Wildman–Crippen MR) is 158 cm³/mol. The summed E-state index contributed by atoms with van der Waals surface area (Å²) < 4.78 is 0. The first-order chi connectivity index (χ1) is 19.1. The van der Waals surface area contributed by atoms with Gasteiger partial charge in [0.1, 0.15) is 0 Å². The van der Waals surface area contributed by atoms with Crippen LogP contribution in [0.1, 0.15) is 25.0 Å². The minimum atomic E-state index is -0.329. The molecular weight excluding hydrogens is 504 g/mol. The lowest BCUT2D eigenvalue weighted by Crippen LogP contribution is -2.19. The Kier molecular flexibility index (Phi) is 10.3. The number of nitrogen functional groups attached to an aromatic ring is 2. The second-order valence-corrected chi connectivity index (χ2v) is 9.36. The molecule has 2 heterocycles. The van der Waals surface area contributed by atoms with Crippen LogP contribution < -0.4 is 32.5 Å². The molecule has 40 heavy (non-hydrogen) atoms. The van der Waals surface area contributed by atoms with Gasteiger partial charge in [0.05, 0.1) is 0 Å². The molecule has 0 spiro atoms. The Bertz CT molecular complexity index is 1440. The topological polar surface area (TPSA) is 144 Å². The maximum absolute atomic E-state index is 10.0. The summed E-state index contributed by atoms with van der Waals surface area (Å²) in [7, 11) is 0. The van der Waals surface area contributed by atoms with Crippen molar-refractivity contribution in [2.24, 2.45) is 0 Å². The summed E-state index contributed by atoms with van der Waals surface area (Å²) >= 11 is 0. The van der Waals surface area contributed by atoms with E-state index in [2.05, 4.69) is 50.2 Å². The van der Waals surface area contributed by atoms with E-state index in [1.165, 1.54) is 57.0 Å². The van der Waals surface area contributed by atoms with Gasteiger partial charge < -0.3 is 11.5 Å². The molecule has 0 bridgehead atoms. The minimum Gasteiger partial charge on any atom is -0.399 e. The van der Waals surface area contributed by atoms with E-state index in [1.54, 1.807) is 0 Å². The molecule has 3 aromatic carbocycles. The fourth-order valence-electron chi connectivity index (χ4n) is 3.97. The Labute approximate surface area is 232 Å². The molecule has 0 fully saturated rings. The standard InChI is InChI=1S/C24H26N2.2C4H3NO2/c1-17(13-19-5-3-7-23(25)15-19)21-9-11-22(12-10-21)18(2)14-20-6-4-8-24(26)16-20;2*6-3-1-2-4(7)5-3/h3-12,15-16H,13-14,25-26H2,1-2H3;2*1-2H,(H,5,6,7). The predicted octanol–water partition coefficient (Wildman–Crippen LogP) is 2.08. The van der Waals surface area contributed by atoms with Crippen molar-refractivity contribution in [3.8, 4) is 0 Å². The van der Waals surface area contributed by atoms with Gasteiger partial charge in [-0.3, -0.25) is 29.8 Å². The van der Waals surface area contributed by atoms with Crippen molar-refractivity contribution in [3.05, 3.63) is 119 Å². The zero-order chi connectivity index (χ0) is 29.1. The Morgan fingerprint density at radius 1 is 0.550 bits per heavy atom. The second kappa shape index (κ2) is 14.1. The van der Waals surface area contributed by atoms with Crippen LogP contribution in [-0.4, -0.2) is 23.6 Å². The van der Waals surface area contributed by atoms with E-state index in [0.29, 0.717) is 0 Å². The van der Waals surface area contributed by atoms with Gasteiger partial charge in [0.15, 0.2) is 0 Å². The lowest BCUT2D eigenvalue weighted by molar-refractivity contribution is -0.125. The number of hydrogen-bond acceptors (Lipinski definition) is 6. The monoisotopic (exact) mass is 536 g/mol. The van der Waals surface area contributed by atoms with E-state index >= 15 is 0 Å². The number of imide groups is 2. The third-order valence-electron chi connectivity index (χ3n) is 5.98. The van der Waals surface area contributed by atoms with Crippen molar-refractivity contribution in [1.29, 1.82) is 0 Å². The first-order valence-corrected chi connectivity index (χ1v) is 12.6. The van der Waals surface area contributed by atoms with Crippen LogP contribution in [-0.2, 0) is 32.0 Å². The van der Waals surface area contributed by atoms with E-state index in [0.717, 1.165) is 24.2 Å². The maximum Gasteiger partial charge on any atom is 0.250 e. The number of carbonyl (C=O) groups is 4. The van der Waals surface area contributed by atoms with E-state index in [1.807, 2.05) is 47.0 Å². The minimum absolute atomic E-state index is 0.329. The van der Waals surface area contributed by atoms with Gasteiger partial charge in [-0.05, 0) is 72.5 Å². The Morgan fingerprint density at radius 3 is 1.12 bits per heavy atom.